The average Bonchev–Trinajstić information content (AvgIpc) is 2.65. The SMILES string of the molecule is CCOc1cccc(/C=C2/SC(=O)N(CC)C2=O)c1. The van der Waals surface area contributed by atoms with Gasteiger partial charge in [0.25, 0.3) is 11.1 Å². The molecule has 0 saturated carbocycles. The van der Waals surface area contributed by atoms with Gasteiger partial charge in [-0.15, -0.1) is 0 Å². The minimum atomic E-state index is -0.223. The van der Waals surface area contributed by atoms with Gasteiger partial charge in [0.1, 0.15) is 5.75 Å². The van der Waals surface area contributed by atoms with Crippen LogP contribution in [-0.2, 0) is 4.79 Å². The highest BCUT2D eigenvalue weighted by atomic mass is 32.2. The predicted molar refractivity (Wildman–Crippen MR) is 76.0 cm³/mol. The zero-order chi connectivity index (χ0) is 13.8. The third-order valence-electron chi connectivity index (χ3n) is 2.66. The van der Waals surface area contributed by atoms with Crippen molar-refractivity contribution in [2.75, 3.05) is 13.2 Å². The summed E-state index contributed by atoms with van der Waals surface area (Å²) in [5, 5.41) is -0.209. The molecule has 1 aliphatic rings. The number of carbonyl (C=O) groups excluding carboxylic acids is 2. The first kappa shape index (κ1) is 13.7. The topological polar surface area (TPSA) is 46.6 Å². The van der Waals surface area contributed by atoms with Crippen molar-refractivity contribution >= 4 is 29.0 Å². The molecule has 0 unspecified atom stereocenters. The molecule has 1 aliphatic heterocycles. The third kappa shape index (κ3) is 2.98. The van der Waals surface area contributed by atoms with Gasteiger partial charge >= 0.3 is 0 Å². The van der Waals surface area contributed by atoms with E-state index in [0.717, 1.165) is 23.1 Å². The molecule has 0 bridgehead atoms. The smallest absolute Gasteiger partial charge is 0.293 e. The molecule has 0 N–H and O–H groups in total. The lowest BCUT2D eigenvalue weighted by atomic mass is 10.2. The fourth-order valence-corrected chi connectivity index (χ4v) is 2.69. The number of hydrogen-bond donors (Lipinski definition) is 0. The lowest BCUT2D eigenvalue weighted by molar-refractivity contribution is -0.122. The van der Waals surface area contributed by atoms with Crippen LogP contribution in [0.25, 0.3) is 6.08 Å². The highest BCUT2D eigenvalue weighted by Crippen LogP contribution is 2.32. The predicted octanol–water partition coefficient (Wildman–Crippen LogP) is 3.14. The van der Waals surface area contributed by atoms with Crippen LogP contribution in [0.2, 0.25) is 0 Å². The first-order chi connectivity index (χ1) is 9.15. The van der Waals surface area contributed by atoms with Gasteiger partial charge in [-0.1, -0.05) is 12.1 Å². The van der Waals surface area contributed by atoms with Gasteiger partial charge < -0.3 is 4.74 Å². The van der Waals surface area contributed by atoms with Crippen LogP contribution in [0.15, 0.2) is 29.2 Å². The minimum Gasteiger partial charge on any atom is -0.494 e. The summed E-state index contributed by atoms with van der Waals surface area (Å²) in [4.78, 5) is 25.2. The zero-order valence-corrected chi connectivity index (χ0v) is 11.7. The van der Waals surface area contributed by atoms with E-state index in [1.165, 1.54) is 4.90 Å². The molecule has 0 aliphatic carbocycles. The van der Waals surface area contributed by atoms with E-state index in [4.69, 9.17) is 4.74 Å². The Labute approximate surface area is 116 Å². The molecule has 2 rings (SSSR count). The maximum Gasteiger partial charge on any atom is 0.293 e. The van der Waals surface area contributed by atoms with Crippen molar-refractivity contribution in [1.29, 1.82) is 0 Å². The summed E-state index contributed by atoms with van der Waals surface area (Å²) in [5.74, 6) is 0.533. The van der Waals surface area contributed by atoms with Gasteiger partial charge in [-0.2, -0.15) is 0 Å². The number of imide groups is 1. The van der Waals surface area contributed by atoms with Crippen LogP contribution in [0.5, 0.6) is 5.75 Å². The summed E-state index contributed by atoms with van der Waals surface area (Å²) in [7, 11) is 0. The summed E-state index contributed by atoms with van der Waals surface area (Å²) < 4.78 is 5.40. The number of benzene rings is 1. The molecule has 5 heteroatoms. The van der Waals surface area contributed by atoms with Gasteiger partial charge in [-0.05, 0) is 49.4 Å². The van der Waals surface area contributed by atoms with Gasteiger partial charge in [-0.25, -0.2) is 0 Å². The Kier molecular flexibility index (Phi) is 4.27. The van der Waals surface area contributed by atoms with Crippen molar-refractivity contribution in [3.8, 4) is 5.75 Å². The van der Waals surface area contributed by atoms with E-state index >= 15 is 0 Å². The highest BCUT2D eigenvalue weighted by molar-refractivity contribution is 8.18. The second-order valence-corrected chi connectivity index (χ2v) is 4.92. The van der Waals surface area contributed by atoms with Crippen molar-refractivity contribution in [2.24, 2.45) is 0 Å². The Bertz CT molecular complexity index is 539. The molecular formula is C14H15NO3S. The molecule has 0 aromatic heterocycles. The molecule has 0 spiro atoms. The van der Waals surface area contributed by atoms with Gasteiger partial charge in [0.05, 0.1) is 11.5 Å². The third-order valence-corrected chi connectivity index (χ3v) is 3.56. The van der Waals surface area contributed by atoms with Crippen LogP contribution >= 0.6 is 11.8 Å². The van der Waals surface area contributed by atoms with E-state index < -0.39 is 0 Å². The molecule has 2 amide bonds. The first-order valence-corrected chi connectivity index (χ1v) is 6.95. The maximum absolute atomic E-state index is 11.9. The Morgan fingerprint density at radius 1 is 1.32 bits per heavy atom. The van der Waals surface area contributed by atoms with Crippen LogP contribution in [0.1, 0.15) is 19.4 Å². The van der Waals surface area contributed by atoms with E-state index in [1.807, 2.05) is 31.2 Å². The first-order valence-electron chi connectivity index (χ1n) is 6.14. The number of likely N-dealkylation sites (N-methyl/N-ethyl adjacent to an activating group) is 1. The molecule has 1 aromatic rings. The van der Waals surface area contributed by atoms with Crippen molar-refractivity contribution < 1.29 is 14.3 Å². The van der Waals surface area contributed by atoms with Crippen LogP contribution in [-0.4, -0.2) is 29.2 Å². The lowest BCUT2D eigenvalue weighted by Crippen LogP contribution is -2.27. The summed E-state index contributed by atoms with van der Waals surface area (Å²) in [6.45, 7) is 4.70. The van der Waals surface area contributed by atoms with Gasteiger partial charge in [0.2, 0.25) is 0 Å². The van der Waals surface area contributed by atoms with E-state index in [1.54, 1.807) is 13.0 Å². The summed E-state index contributed by atoms with van der Waals surface area (Å²) in [6, 6.07) is 7.45. The molecule has 0 radical (unpaired) electrons. The van der Waals surface area contributed by atoms with Gasteiger partial charge in [0.15, 0.2) is 0 Å². The fourth-order valence-electron chi connectivity index (χ4n) is 1.78. The van der Waals surface area contributed by atoms with Crippen molar-refractivity contribution in [3.05, 3.63) is 34.7 Å². The van der Waals surface area contributed by atoms with Crippen molar-refractivity contribution in [1.82, 2.24) is 4.90 Å². The van der Waals surface area contributed by atoms with Crippen LogP contribution < -0.4 is 4.74 Å². The van der Waals surface area contributed by atoms with E-state index in [0.29, 0.717) is 18.1 Å². The molecule has 100 valence electrons. The summed E-state index contributed by atoms with van der Waals surface area (Å²) in [6.07, 6.45) is 1.73. The number of amides is 2. The molecule has 1 heterocycles. The molecular weight excluding hydrogens is 262 g/mol. The second-order valence-electron chi connectivity index (χ2n) is 3.93. The Morgan fingerprint density at radius 3 is 2.74 bits per heavy atom. The fraction of sp³-hybridized carbons (Fsp3) is 0.286. The summed E-state index contributed by atoms with van der Waals surface area (Å²) >= 11 is 0.978. The number of nitrogens with zero attached hydrogens (tertiary/aromatic N) is 1. The van der Waals surface area contributed by atoms with Crippen LogP contribution in [0.4, 0.5) is 4.79 Å². The number of rotatable bonds is 4. The summed E-state index contributed by atoms with van der Waals surface area (Å²) in [5.41, 5.74) is 0.854. The number of ether oxygens (including phenoxy) is 1. The molecule has 19 heavy (non-hydrogen) atoms. The number of carbonyl (C=O) groups is 2. The lowest BCUT2D eigenvalue weighted by Gasteiger charge is -2.07. The second kappa shape index (κ2) is 5.93. The Balaban J connectivity index is 2.24. The largest absolute Gasteiger partial charge is 0.494 e. The maximum atomic E-state index is 11.9. The molecule has 1 fully saturated rings. The Morgan fingerprint density at radius 2 is 2.11 bits per heavy atom. The molecule has 1 aromatic carbocycles. The van der Waals surface area contributed by atoms with Crippen molar-refractivity contribution in [3.63, 3.8) is 0 Å². The van der Waals surface area contributed by atoms with Gasteiger partial charge in [0, 0.05) is 6.54 Å². The zero-order valence-electron chi connectivity index (χ0n) is 10.9. The standard InChI is InChI=1S/C14H15NO3S/c1-3-15-13(16)12(19-14(15)17)9-10-6-5-7-11(8-10)18-4-2/h5-9H,3-4H2,1-2H3/b12-9+. The quantitative estimate of drug-likeness (QED) is 0.793. The Hall–Kier alpha value is -1.75. The van der Waals surface area contributed by atoms with E-state index in [2.05, 4.69) is 0 Å². The number of thioether (sulfide) groups is 1. The highest BCUT2D eigenvalue weighted by Gasteiger charge is 2.33. The number of hydrogen-bond acceptors (Lipinski definition) is 4. The molecule has 0 atom stereocenters. The monoisotopic (exact) mass is 277 g/mol. The van der Waals surface area contributed by atoms with E-state index in [-0.39, 0.29) is 11.1 Å². The van der Waals surface area contributed by atoms with E-state index in [9.17, 15) is 9.59 Å². The minimum absolute atomic E-state index is 0.209. The average molecular weight is 277 g/mol. The van der Waals surface area contributed by atoms with Gasteiger partial charge in [-0.3, -0.25) is 14.5 Å². The van der Waals surface area contributed by atoms with Crippen LogP contribution in [0.3, 0.4) is 0 Å². The molecule has 4 nitrogen and oxygen atoms in total. The molecule has 1 saturated heterocycles. The van der Waals surface area contributed by atoms with Crippen molar-refractivity contribution in [2.45, 2.75) is 13.8 Å². The van der Waals surface area contributed by atoms with Crippen LogP contribution in [0, 0.1) is 0 Å². The normalized spacial score (nSPS) is 17.4.